The fourth-order valence-electron chi connectivity index (χ4n) is 3.33. The van der Waals surface area contributed by atoms with Crippen molar-refractivity contribution in [1.29, 1.82) is 0 Å². The van der Waals surface area contributed by atoms with Crippen molar-refractivity contribution < 1.29 is 23.7 Å². The average molecular weight is 381 g/mol. The van der Waals surface area contributed by atoms with Gasteiger partial charge in [0.15, 0.2) is 11.5 Å². The van der Waals surface area contributed by atoms with Crippen molar-refractivity contribution in [3.05, 3.63) is 53.1 Å². The molecule has 2 aromatic rings. The summed E-state index contributed by atoms with van der Waals surface area (Å²) in [4.78, 5) is 12.3. The Bertz CT molecular complexity index is 921. The summed E-state index contributed by atoms with van der Waals surface area (Å²) >= 11 is 0. The quantitative estimate of drug-likeness (QED) is 0.776. The molecule has 0 saturated carbocycles. The lowest BCUT2D eigenvalue weighted by Gasteiger charge is -2.10. The Morgan fingerprint density at radius 1 is 1.21 bits per heavy atom. The maximum absolute atomic E-state index is 12.3. The summed E-state index contributed by atoms with van der Waals surface area (Å²) < 4.78 is 22.2. The molecule has 0 bridgehead atoms. The van der Waals surface area contributed by atoms with Crippen molar-refractivity contribution >= 4 is 12.0 Å². The molecule has 6 nitrogen and oxygen atoms in total. The third-order valence-electron chi connectivity index (χ3n) is 4.65. The SMILES string of the molecule is CCOc1cc2c(cc1/C=C/C(=O)NCc1ccc3c(c1)OCO3)O[C@@H](C)C2. The number of amides is 1. The maximum Gasteiger partial charge on any atom is 0.244 e. The van der Waals surface area contributed by atoms with E-state index in [1.807, 2.05) is 44.2 Å². The molecule has 0 saturated heterocycles. The second-order valence-electron chi connectivity index (χ2n) is 6.80. The topological polar surface area (TPSA) is 66.0 Å². The van der Waals surface area contributed by atoms with Crippen molar-refractivity contribution in [3.63, 3.8) is 0 Å². The summed E-state index contributed by atoms with van der Waals surface area (Å²) in [6, 6.07) is 9.57. The number of carbonyl (C=O) groups is 1. The van der Waals surface area contributed by atoms with Crippen molar-refractivity contribution in [2.24, 2.45) is 0 Å². The monoisotopic (exact) mass is 381 g/mol. The molecule has 2 aromatic carbocycles. The molecule has 6 heteroatoms. The average Bonchev–Trinajstić information content (AvgIpc) is 3.29. The van der Waals surface area contributed by atoms with Crippen molar-refractivity contribution in [2.45, 2.75) is 32.9 Å². The van der Waals surface area contributed by atoms with Crippen LogP contribution in [0.15, 0.2) is 36.4 Å². The second kappa shape index (κ2) is 7.84. The Kier molecular flexibility index (Phi) is 5.10. The molecule has 0 aromatic heterocycles. The van der Waals surface area contributed by atoms with Gasteiger partial charge < -0.3 is 24.3 Å². The molecule has 1 amide bonds. The Morgan fingerprint density at radius 3 is 2.93 bits per heavy atom. The van der Waals surface area contributed by atoms with Crippen molar-refractivity contribution in [1.82, 2.24) is 5.32 Å². The first-order valence-electron chi connectivity index (χ1n) is 9.43. The molecule has 0 unspecified atom stereocenters. The minimum Gasteiger partial charge on any atom is -0.493 e. The number of carbonyl (C=O) groups excluding carboxylic acids is 1. The number of ether oxygens (including phenoxy) is 4. The van der Waals surface area contributed by atoms with E-state index in [4.69, 9.17) is 18.9 Å². The molecule has 2 heterocycles. The molecule has 1 N–H and O–H groups in total. The minimum atomic E-state index is -0.185. The van der Waals surface area contributed by atoms with E-state index < -0.39 is 0 Å². The van der Waals surface area contributed by atoms with Crippen LogP contribution in [0.25, 0.3) is 6.08 Å². The van der Waals surface area contributed by atoms with Crippen LogP contribution in [-0.2, 0) is 17.8 Å². The normalized spacial score (nSPS) is 16.7. The number of fused-ring (bicyclic) bond motifs is 2. The summed E-state index contributed by atoms with van der Waals surface area (Å²) in [5.41, 5.74) is 2.91. The van der Waals surface area contributed by atoms with E-state index in [0.29, 0.717) is 18.9 Å². The molecule has 2 aliphatic heterocycles. The molecule has 4 rings (SSSR count). The Morgan fingerprint density at radius 2 is 2.07 bits per heavy atom. The zero-order valence-electron chi connectivity index (χ0n) is 16.0. The molecular weight excluding hydrogens is 358 g/mol. The van der Waals surface area contributed by atoms with Crippen molar-refractivity contribution in [3.8, 4) is 23.0 Å². The van der Waals surface area contributed by atoms with Gasteiger partial charge in [-0.1, -0.05) is 6.07 Å². The fraction of sp³-hybridized carbons (Fsp3) is 0.318. The smallest absolute Gasteiger partial charge is 0.244 e. The first-order chi connectivity index (χ1) is 13.6. The van der Waals surface area contributed by atoms with Crippen LogP contribution < -0.4 is 24.3 Å². The van der Waals surface area contributed by atoms with Crippen LogP contribution in [0.1, 0.15) is 30.5 Å². The van der Waals surface area contributed by atoms with Crippen molar-refractivity contribution in [2.75, 3.05) is 13.4 Å². The predicted octanol–water partition coefficient (Wildman–Crippen LogP) is 3.47. The number of nitrogens with one attached hydrogen (secondary N) is 1. The van der Waals surface area contributed by atoms with Gasteiger partial charge in [0, 0.05) is 30.2 Å². The lowest BCUT2D eigenvalue weighted by Crippen LogP contribution is -2.20. The van der Waals surface area contributed by atoms with Gasteiger partial charge in [-0.25, -0.2) is 0 Å². The van der Waals surface area contributed by atoms with Crippen LogP contribution in [0.2, 0.25) is 0 Å². The van der Waals surface area contributed by atoms with E-state index in [-0.39, 0.29) is 18.8 Å². The van der Waals surface area contributed by atoms with Gasteiger partial charge in [0.2, 0.25) is 12.7 Å². The van der Waals surface area contributed by atoms with Gasteiger partial charge in [0.1, 0.15) is 17.6 Å². The summed E-state index contributed by atoms with van der Waals surface area (Å²) in [5, 5.41) is 2.88. The molecule has 0 fully saturated rings. The van der Waals surface area contributed by atoms with E-state index in [0.717, 1.165) is 40.4 Å². The molecule has 2 aliphatic rings. The molecule has 0 radical (unpaired) electrons. The number of rotatable bonds is 6. The van der Waals surface area contributed by atoms with E-state index in [2.05, 4.69) is 5.32 Å². The highest BCUT2D eigenvalue weighted by atomic mass is 16.7. The van der Waals surface area contributed by atoms with Gasteiger partial charge in [-0.15, -0.1) is 0 Å². The standard InChI is InChI=1S/C22H23NO5/c1-3-25-19-11-17-8-14(2)28-20(17)10-16(19)5-7-22(24)23-12-15-4-6-18-21(9-15)27-13-26-18/h4-7,9-11,14H,3,8,12-13H2,1-2H3,(H,23,24)/b7-5+/t14-/m0/s1. The van der Waals surface area contributed by atoms with Gasteiger partial charge in [0.25, 0.3) is 0 Å². The first-order valence-corrected chi connectivity index (χ1v) is 9.43. The molecule has 146 valence electrons. The van der Waals surface area contributed by atoms with E-state index >= 15 is 0 Å². The first kappa shape index (κ1) is 18.2. The zero-order chi connectivity index (χ0) is 19.5. The van der Waals surface area contributed by atoms with Crippen LogP contribution in [0.5, 0.6) is 23.0 Å². The molecule has 28 heavy (non-hydrogen) atoms. The van der Waals surface area contributed by atoms with Gasteiger partial charge >= 0.3 is 0 Å². The zero-order valence-corrected chi connectivity index (χ0v) is 16.0. The van der Waals surface area contributed by atoms with E-state index in [1.54, 1.807) is 6.08 Å². The van der Waals surface area contributed by atoms with E-state index in [9.17, 15) is 4.79 Å². The Hall–Kier alpha value is -3.15. The van der Waals surface area contributed by atoms with Crippen LogP contribution in [-0.4, -0.2) is 25.4 Å². The largest absolute Gasteiger partial charge is 0.493 e. The van der Waals surface area contributed by atoms with E-state index in [1.165, 1.54) is 6.08 Å². The van der Waals surface area contributed by atoms with Gasteiger partial charge in [-0.3, -0.25) is 4.79 Å². The lowest BCUT2D eigenvalue weighted by atomic mass is 10.1. The summed E-state index contributed by atoms with van der Waals surface area (Å²) in [6.07, 6.45) is 4.30. The molecular formula is C22H23NO5. The number of hydrogen-bond acceptors (Lipinski definition) is 5. The molecule has 0 spiro atoms. The Labute approximate surface area is 164 Å². The second-order valence-corrected chi connectivity index (χ2v) is 6.80. The Balaban J connectivity index is 1.42. The molecule has 1 atom stereocenters. The maximum atomic E-state index is 12.3. The van der Waals surface area contributed by atoms with Crippen LogP contribution >= 0.6 is 0 Å². The van der Waals surface area contributed by atoms with Crippen LogP contribution in [0.4, 0.5) is 0 Å². The number of benzene rings is 2. The van der Waals surface area contributed by atoms with Gasteiger partial charge in [0.05, 0.1) is 6.61 Å². The predicted molar refractivity (Wildman–Crippen MR) is 105 cm³/mol. The molecule has 0 aliphatic carbocycles. The van der Waals surface area contributed by atoms with Gasteiger partial charge in [-0.05, 0) is 49.8 Å². The number of hydrogen-bond donors (Lipinski definition) is 1. The summed E-state index contributed by atoms with van der Waals surface area (Å²) in [7, 11) is 0. The lowest BCUT2D eigenvalue weighted by molar-refractivity contribution is -0.116. The highest BCUT2D eigenvalue weighted by Gasteiger charge is 2.21. The highest BCUT2D eigenvalue weighted by Crippen LogP contribution is 2.36. The third-order valence-corrected chi connectivity index (χ3v) is 4.65. The highest BCUT2D eigenvalue weighted by molar-refractivity contribution is 5.92. The minimum absolute atomic E-state index is 0.161. The van der Waals surface area contributed by atoms with Crippen LogP contribution in [0, 0.1) is 0 Å². The fourth-order valence-corrected chi connectivity index (χ4v) is 3.33. The third kappa shape index (κ3) is 3.91. The van der Waals surface area contributed by atoms with Crippen LogP contribution in [0.3, 0.4) is 0 Å². The summed E-state index contributed by atoms with van der Waals surface area (Å²) in [5.74, 6) is 2.87. The summed E-state index contributed by atoms with van der Waals surface area (Å²) in [6.45, 7) is 5.19. The van der Waals surface area contributed by atoms with Gasteiger partial charge in [-0.2, -0.15) is 0 Å².